The van der Waals surface area contributed by atoms with Gasteiger partial charge in [0.25, 0.3) is 5.91 Å². The zero-order valence-corrected chi connectivity index (χ0v) is 15.9. The Kier molecular flexibility index (Phi) is 5.48. The van der Waals surface area contributed by atoms with Crippen molar-refractivity contribution in [2.45, 2.75) is 18.8 Å². The number of pyridine rings is 2. The summed E-state index contributed by atoms with van der Waals surface area (Å²) in [4.78, 5) is 18.8. The summed E-state index contributed by atoms with van der Waals surface area (Å²) < 4.78 is 7.02. The maximum absolute atomic E-state index is 12.1. The number of carbonyl (C=O) groups excluding carboxylic acids is 1. The first-order valence-electron chi connectivity index (χ1n) is 9.54. The lowest BCUT2D eigenvalue weighted by Crippen LogP contribution is -2.34. The molecule has 1 N–H and O–H groups in total. The van der Waals surface area contributed by atoms with Gasteiger partial charge in [0.2, 0.25) is 0 Å². The van der Waals surface area contributed by atoms with Crippen LogP contribution in [0.3, 0.4) is 0 Å². The quantitative estimate of drug-likeness (QED) is 0.658. The number of methoxy groups -OCH3 is 1. The van der Waals surface area contributed by atoms with Gasteiger partial charge in [-0.05, 0) is 37.1 Å². The number of amides is 1. The fourth-order valence-electron chi connectivity index (χ4n) is 3.58. The third-order valence-corrected chi connectivity index (χ3v) is 5.13. The average molecular weight is 380 g/mol. The number of fused-ring (bicyclic) bond motifs is 1. The Morgan fingerprint density at radius 3 is 2.82 bits per heavy atom. The molecule has 0 aliphatic carbocycles. The van der Waals surface area contributed by atoms with Crippen LogP contribution >= 0.6 is 0 Å². The number of nitrogens with one attached hydrogen (secondary N) is 1. The minimum atomic E-state index is -0.131. The Balaban J connectivity index is 1.36. The molecule has 3 aromatic heterocycles. The molecule has 1 aliphatic rings. The number of hydrogen-bond donors (Lipinski definition) is 1. The fraction of sp³-hybridized carbons (Fsp3) is 0.400. The molecule has 0 unspecified atom stereocenters. The van der Waals surface area contributed by atoms with Crippen LogP contribution in [0.15, 0.2) is 42.7 Å². The highest BCUT2D eigenvalue weighted by Crippen LogP contribution is 2.29. The molecule has 4 heterocycles. The van der Waals surface area contributed by atoms with Crippen LogP contribution in [-0.2, 0) is 4.74 Å². The Morgan fingerprint density at radius 1 is 1.21 bits per heavy atom. The van der Waals surface area contributed by atoms with Gasteiger partial charge in [-0.1, -0.05) is 6.07 Å². The smallest absolute Gasteiger partial charge is 0.252 e. The van der Waals surface area contributed by atoms with Crippen LogP contribution in [0.25, 0.3) is 5.65 Å². The van der Waals surface area contributed by atoms with Crippen molar-refractivity contribution in [3.05, 3.63) is 54.1 Å². The third-order valence-electron chi connectivity index (χ3n) is 5.13. The first-order valence-corrected chi connectivity index (χ1v) is 9.54. The molecule has 1 saturated heterocycles. The molecule has 1 amide bonds. The lowest BCUT2D eigenvalue weighted by atomic mass is 9.96. The molecule has 0 spiro atoms. The van der Waals surface area contributed by atoms with Gasteiger partial charge in [0.1, 0.15) is 11.6 Å². The Morgan fingerprint density at radius 2 is 2.07 bits per heavy atom. The number of nitrogens with zero attached hydrogens (tertiary/aromatic N) is 5. The number of piperidine rings is 1. The second-order valence-electron chi connectivity index (χ2n) is 6.90. The van der Waals surface area contributed by atoms with Gasteiger partial charge in [0, 0.05) is 45.1 Å². The molecule has 0 radical (unpaired) electrons. The highest BCUT2D eigenvalue weighted by molar-refractivity contribution is 5.94. The van der Waals surface area contributed by atoms with E-state index in [1.165, 1.54) is 0 Å². The highest BCUT2D eigenvalue weighted by atomic mass is 16.5. The summed E-state index contributed by atoms with van der Waals surface area (Å²) in [6, 6.07) is 9.69. The molecule has 3 aromatic rings. The number of carbonyl (C=O) groups is 1. The first-order chi connectivity index (χ1) is 13.8. The van der Waals surface area contributed by atoms with E-state index in [9.17, 15) is 4.79 Å². The molecule has 0 atom stereocenters. The van der Waals surface area contributed by atoms with E-state index in [0.29, 0.717) is 24.6 Å². The lowest BCUT2D eigenvalue weighted by molar-refractivity contribution is 0.0937. The molecule has 0 bridgehead atoms. The number of rotatable bonds is 6. The molecule has 146 valence electrons. The van der Waals surface area contributed by atoms with Gasteiger partial charge in [0.05, 0.1) is 12.2 Å². The van der Waals surface area contributed by atoms with E-state index >= 15 is 0 Å². The van der Waals surface area contributed by atoms with E-state index in [2.05, 4.69) is 29.8 Å². The topological polar surface area (TPSA) is 84.6 Å². The van der Waals surface area contributed by atoms with E-state index in [-0.39, 0.29) is 5.91 Å². The van der Waals surface area contributed by atoms with Gasteiger partial charge in [0.15, 0.2) is 5.65 Å². The summed E-state index contributed by atoms with van der Waals surface area (Å²) in [7, 11) is 1.61. The first kappa shape index (κ1) is 18.4. The van der Waals surface area contributed by atoms with E-state index in [0.717, 1.165) is 43.2 Å². The summed E-state index contributed by atoms with van der Waals surface area (Å²) in [5.41, 5.74) is 1.45. The fourth-order valence-corrected chi connectivity index (χ4v) is 3.58. The predicted molar refractivity (Wildman–Crippen MR) is 106 cm³/mol. The molecular weight excluding hydrogens is 356 g/mol. The lowest BCUT2D eigenvalue weighted by Gasteiger charge is -2.32. The Hall–Kier alpha value is -3.00. The molecule has 0 saturated carbocycles. The standard InChI is InChI=1S/C20H24N6O2/c1-28-13-9-21-20(27)16-5-6-17(22-14-16)25-11-7-15(8-12-25)19-24-23-18-4-2-3-10-26(18)19/h2-6,10,14-15H,7-9,11-13H2,1H3,(H,21,27). The van der Waals surface area contributed by atoms with E-state index in [1.807, 2.05) is 36.5 Å². The maximum Gasteiger partial charge on any atom is 0.252 e. The molecule has 1 fully saturated rings. The molecule has 28 heavy (non-hydrogen) atoms. The molecule has 1 aliphatic heterocycles. The van der Waals surface area contributed by atoms with Crippen molar-refractivity contribution in [2.24, 2.45) is 0 Å². The SMILES string of the molecule is COCCNC(=O)c1ccc(N2CCC(c3nnc4ccccn34)CC2)nc1. The van der Waals surface area contributed by atoms with Crippen LogP contribution in [0.4, 0.5) is 5.82 Å². The van der Waals surface area contributed by atoms with E-state index in [1.54, 1.807) is 13.3 Å². The molecule has 4 rings (SSSR count). The van der Waals surface area contributed by atoms with Crippen molar-refractivity contribution in [1.29, 1.82) is 0 Å². The van der Waals surface area contributed by atoms with Gasteiger partial charge >= 0.3 is 0 Å². The van der Waals surface area contributed by atoms with Gasteiger partial charge in [-0.15, -0.1) is 10.2 Å². The number of anilines is 1. The van der Waals surface area contributed by atoms with Gasteiger partial charge in [-0.3, -0.25) is 9.20 Å². The van der Waals surface area contributed by atoms with Crippen molar-refractivity contribution in [3.8, 4) is 0 Å². The van der Waals surface area contributed by atoms with Gasteiger partial charge < -0.3 is 15.0 Å². The van der Waals surface area contributed by atoms with E-state index < -0.39 is 0 Å². The second kappa shape index (κ2) is 8.35. The van der Waals surface area contributed by atoms with Crippen LogP contribution < -0.4 is 10.2 Å². The third kappa shape index (κ3) is 3.82. The number of hydrogen-bond acceptors (Lipinski definition) is 6. The average Bonchev–Trinajstić information content (AvgIpc) is 3.18. The van der Waals surface area contributed by atoms with Crippen LogP contribution in [0.1, 0.15) is 34.9 Å². The maximum atomic E-state index is 12.1. The van der Waals surface area contributed by atoms with Crippen molar-refractivity contribution >= 4 is 17.4 Å². The summed E-state index contributed by atoms with van der Waals surface area (Å²) >= 11 is 0. The van der Waals surface area contributed by atoms with Crippen LogP contribution in [-0.4, -0.2) is 58.8 Å². The number of ether oxygens (including phenoxy) is 1. The normalized spacial score (nSPS) is 15.1. The molecule has 8 nitrogen and oxygen atoms in total. The molecular formula is C20H24N6O2. The van der Waals surface area contributed by atoms with E-state index in [4.69, 9.17) is 4.74 Å². The summed E-state index contributed by atoms with van der Waals surface area (Å²) in [6.45, 7) is 2.78. The number of aromatic nitrogens is 4. The van der Waals surface area contributed by atoms with Gasteiger partial charge in [-0.2, -0.15) is 0 Å². The largest absolute Gasteiger partial charge is 0.383 e. The zero-order chi connectivity index (χ0) is 19.3. The van der Waals surface area contributed by atoms with Crippen molar-refractivity contribution in [2.75, 3.05) is 38.3 Å². The highest BCUT2D eigenvalue weighted by Gasteiger charge is 2.25. The minimum Gasteiger partial charge on any atom is -0.383 e. The minimum absolute atomic E-state index is 0.131. The van der Waals surface area contributed by atoms with Crippen molar-refractivity contribution in [3.63, 3.8) is 0 Å². The second-order valence-corrected chi connectivity index (χ2v) is 6.90. The van der Waals surface area contributed by atoms with Crippen LogP contribution in [0.5, 0.6) is 0 Å². The van der Waals surface area contributed by atoms with Crippen LogP contribution in [0, 0.1) is 0 Å². The Labute approximate surface area is 163 Å². The predicted octanol–water partition coefficient (Wildman–Crippen LogP) is 1.88. The summed E-state index contributed by atoms with van der Waals surface area (Å²) in [5.74, 6) is 2.19. The zero-order valence-electron chi connectivity index (χ0n) is 15.9. The van der Waals surface area contributed by atoms with Crippen molar-refractivity contribution in [1.82, 2.24) is 24.9 Å². The van der Waals surface area contributed by atoms with Crippen molar-refractivity contribution < 1.29 is 9.53 Å². The summed E-state index contributed by atoms with van der Waals surface area (Å²) in [5, 5.41) is 11.5. The molecule has 8 heteroatoms. The monoisotopic (exact) mass is 380 g/mol. The summed E-state index contributed by atoms with van der Waals surface area (Å²) in [6.07, 6.45) is 5.65. The van der Waals surface area contributed by atoms with Crippen LogP contribution in [0.2, 0.25) is 0 Å². The molecule has 0 aromatic carbocycles. The van der Waals surface area contributed by atoms with Gasteiger partial charge in [-0.25, -0.2) is 4.98 Å². The Bertz CT molecular complexity index is 931.